The van der Waals surface area contributed by atoms with Gasteiger partial charge >= 0.3 is 6.03 Å². The second kappa shape index (κ2) is 4.42. The highest BCUT2D eigenvalue weighted by Crippen LogP contribution is 2.27. The van der Waals surface area contributed by atoms with E-state index in [0.717, 1.165) is 5.92 Å². The van der Waals surface area contributed by atoms with E-state index in [1.807, 2.05) is 11.9 Å². The zero-order chi connectivity index (χ0) is 10.8. The number of hydrogen-bond donors (Lipinski definition) is 1. The lowest BCUT2D eigenvalue weighted by Crippen LogP contribution is -2.45. The lowest BCUT2D eigenvalue weighted by molar-refractivity contribution is 0.163. The SMILES string of the molecule is CC1CCC(N(C)C(=O)NC2CC2)CC1. The van der Waals surface area contributed by atoms with Crippen LogP contribution in [0, 0.1) is 5.92 Å². The predicted molar refractivity (Wildman–Crippen MR) is 60.7 cm³/mol. The molecule has 0 saturated heterocycles. The summed E-state index contributed by atoms with van der Waals surface area (Å²) in [6.45, 7) is 2.31. The van der Waals surface area contributed by atoms with Crippen LogP contribution in [0.2, 0.25) is 0 Å². The van der Waals surface area contributed by atoms with E-state index in [1.54, 1.807) is 0 Å². The van der Waals surface area contributed by atoms with Gasteiger partial charge in [-0.05, 0) is 44.4 Å². The number of amides is 2. The van der Waals surface area contributed by atoms with Crippen LogP contribution in [0.5, 0.6) is 0 Å². The molecule has 2 fully saturated rings. The van der Waals surface area contributed by atoms with Crippen molar-refractivity contribution in [1.29, 1.82) is 0 Å². The van der Waals surface area contributed by atoms with Gasteiger partial charge in [0.1, 0.15) is 0 Å². The first kappa shape index (κ1) is 10.8. The second-order valence-corrected chi connectivity index (χ2v) is 5.25. The summed E-state index contributed by atoms with van der Waals surface area (Å²) >= 11 is 0. The van der Waals surface area contributed by atoms with E-state index >= 15 is 0 Å². The normalized spacial score (nSPS) is 31.1. The summed E-state index contributed by atoms with van der Waals surface area (Å²) in [6.07, 6.45) is 7.23. The van der Waals surface area contributed by atoms with Crippen LogP contribution in [0.25, 0.3) is 0 Å². The van der Waals surface area contributed by atoms with Gasteiger partial charge in [-0.2, -0.15) is 0 Å². The van der Waals surface area contributed by atoms with Gasteiger partial charge in [0.2, 0.25) is 0 Å². The number of nitrogens with zero attached hydrogens (tertiary/aromatic N) is 1. The van der Waals surface area contributed by atoms with E-state index in [9.17, 15) is 4.79 Å². The molecule has 0 aromatic heterocycles. The molecular weight excluding hydrogens is 188 g/mol. The molecule has 2 rings (SSSR count). The van der Waals surface area contributed by atoms with E-state index in [4.69, 9.17) is 0 Å². The van der Waals surface area contributed by atoms with Crippen molar-refractivity contribution >= 4 is 6.03 Å². The summed E-state index contributed by atoms with van der Waals surface area (Å²) in [5.41, 5.74) is 0. The Labute approximate surface area is 92.2 Å². The van der Waals surface area contributed by atoms with Crippen LogP contribution in [-0.2, 0) is 0 Å². The third kappa shape index (κ3) is 2.86. The molecular formula is C12H22N2O. The first-order valence-corrected chi connectivity index (χ1v) is 6.20. The highest BCUT2D eigenvalue weighted by Gasteiger charge is 2.28. The molecule has 0 spiro atoms. The maximum atomic E-state index is 11.8. The summed E-state index contributed by atoms with van der Waals surface area (Å²) in [7, 11) is 1.94. The minimum absolute atomic E-state index is 0.136. The Balaban J connectivity index is 1.78. The van der Waals surface area contributed by atoms with Crippen molar-refractivity contribution in [3.8, 4) is 0 Å². The van der Waals surface area contributed by atoms with Crippen LogP contribution in [0.1, 0.15) is 45.4 Å². The molecule has 3 heteroatoms. The zero-order valence-electron chi connectivity index (χ0n) is 9.83. The Morgan fingerprint density at radius 1 is 1.13 bits per heavy atom. The van der Waals surface area contributed by atoms with Crippen LogP contribution < -0.4 is 5.32 Å². The molecule has 2 aliphatic rings. The van der Waals surface area contributed by atoms with Crippen molar-refractivity contribution in [2.75, 3.05) is 7.05 Å². The summed E-state index contributed by atoms with van der Waals surface area (Å²) in [6, 6.07) is 1.08. The Morgan fingerprint density at radius 3 is 2.27 bits per heavy atom. The first-order chi connectivity index (χ1) is 7.16. The van der Waals surface area contributed by atoms with E-state index in [-0.39, 0.29) is 6.03 Å². The Morgan fingerprint density at radius 2 is 1.73 bits per heavy atom. The fraction of sp³-hybridized carbons (Fsp3) is 0.917. The Kier molecular flexibility index (Phi) is 3.17. The van der Waals surface area contributed by atoms with Gasteiger partial charge < -0.3 is 10.2 Å². The maximum absolute atomic E-state index is 11.8. The molecule has 0 unspecified atom stereocenters. The van der Waals surface area contributed by atoms with Crippen LogP contribution in [0.15, 0.2) is 0 Å². The second-order valence-electron chi connectivity index (χ2n) is 5.25. The smallest absolute Gasteiger partial charge is 0.317 e. The average Bonchev–Trinajstić information content (AvgIpc) is 3.02. The highest BCUT2D eigenvalue weighted by molar-refractivity contribution is 5.74. The fourth-order valence-corrected chi connectivity index (χ4v) is 2.30. The van der Waals surface area contributed by atoms with Gasteiger partial charge in [0.15, 0.2) is 0 Å². The molecule has 0 radical (unpaired) electrons. The summed E-state index contributed by atoms with van der Waals surface area (Å²) in [5, 5.41) is 3.05. The van der Waals surface area contributed by atoms with Crippen LogP contribution >= 0.6 is 0 Å². The van der Waals surface area contributed by atoms with Crippen molar-refractivity contribution in [2.24, 2.45) is 5.92 Å². The Bertz CT molecular complexity index is 230. The largest absolute Gasteiger partial charge is 0.335 e. The summed E-state index contributed by atoms with van der Waals surface area (Å²) < 4.78 is 0. The van der Waals surface area contributed by atoms with Crippen molar-refractivity contribution in [2.45, 2.75) is 57.5 Å². The van der Waals surface area contributed by atoms with Gasteiger partial charge in [-0.25, -0.2) is 4.79 Å². The quantitative estimate of drug-likeness (QED) is 0.745. The third-order valence-electron chi connectivity index (χ3n) is 3.76. The number of hydrogen-bond acceptors (Lipinski definition) is 1. The maximum Gasteiger partial charge on any atom is 0.317 e. The molecule has 0 aromatic carbocycles. The molecule has 0 bridgehead atoms. The molecule has 0 aromatic rings. The minimum Gasteiger partial charge on any atom is -0.335 e. The zero-order valence-corrected chi connectivity index (χ0v) is 9.83. The standard InChI is InChI=1S/C12H22N2O/c1-9-3-7-11(8-4-9)14(2)12(15)13-10-5-6-10/h9-11H,3-8H2,1-2H3,(H,13,15). The topological polar surface area (TPSA) is 32.3 Å². The summed E-state index contributed by atoms with van der Waals surface area (Å²) in [5.74, 6) is 0.848. The van der Waals surface area contributed by atoms with Gasteiger partial charge in [-0.15, -0.1) is 0 Å². The molecule has 0 atom stereocenters. The van der Waals surface area contributed by atoms with Crippen molar-refractivity contribution in [1.82, 2.24) is 10.2 Å². The molecule has 2 saturated carbocycles. The summed E-state index contributed by atoms with van der Waals surface area (Å²) in [4.78, 5) is 13.7. The monoisotopic (exact) mass is 210 g/mol. The number of carbonyl (C=O) groups excluding carboxylic acids is 1. The number of carbonyl (C=O) groups is 1. The lowest BCUT2D eigenvalue weighted by Gasteiger charge is -2.33. The average molecular weight is 210 g/mol. The van der Waals surface area contributed by atoms with Gasteiger partial charge in [0.25, 0.3) is 0 Å². The molecule has 3 nitrogen and oxygen atoms in total. The number of urea groups is 1. The lowest BCUT2D eigenvalue weighted by atomic mass is 9.87. The predicted octanol–water partition coefficient (Wildman–Crippen LogP) is 2.37. The fourth-order valence-electron chi connectivity index (χ4n) is 2.30. The molecule has 2 aliphatic carbocycles. The van der Waals surface area contributed by atoms with E-state index in [1.165, 1.54) is 38.5 Å². The van der Waals surface area contributed by atoms with E-state index in [0.29, 0.717) is 12.1 Å². The molecule has 0 aliphatic heterocycles. The van der Waals surface area contributed by atoms with Gasteiger partial charge in [0.05, 0.1) is 0 Å². The van der Waals surface area contributed by atoms with Crippen LogP contribution in [0.4, 0.5) is 4.79 Å². The molecule has 1 N–H and O–H groups in total. The molecule has 15 heavy (non-hydrogen) atoms. The van der Waals surface area contributed by atoms with Crippen molar-refractivity contribution in [3.63, 3.8) is 0 Å². The van der Waals surface area contributed by atoms with Gasteiger partial charge in [-0.3, -0.25) is 0 Å². The van der Waals surface area contributed by atoms with Gasteiger partial charge in [0, 0.05) is 19.1 Å². The van der Waals surface area contributed by atoms with Crippen molar-refractivity contribution in [3.05, 3.63) is 0 Å². The molecule has 86 valence electrons. The molecule has 0 heterocycles. The van der Waals surface area contributed by atoms with Crippen LogP contribution in [-0.4, -0.2) is 30.1 Å². The van der Waals surface area contributed by atoms with Crippen LogP contribution in [0.3, 0.4) is 0 Å². The van der Waals surface area contributed by atoms with E-state index < -0.39 is 0 Å². The van der Waals surface area contributed by atoms with Crippen molar-refractivity contribution < 1.29 is 4.79 Å². The highest BCUT2D eigenvalue weighted by atomic mass is 16.2. The number of rotatable bonds is 2. The van der Waals surface area contributed by atoms with Gasteiger partial charge in [-0.1, -0.05) is 6.92 Å². The first-order valence-electron chi connectivity index (χ1n) is 6.20. The third-order valence-corrected chi connectivity index (χ3v) is 3.76. The minimum atomic E-state index is 0.136. The Hall–Kier alpha value is -0.730. The van der Waals surface area contributed by atoms with E-state index in [2.05, 4.69) is 12.2 Å². The molecule has 2 amide bonds. The number of nitrogens with one attached hydrogen (secondary N) is 1.